The zero-order valence-electron chi connectivity index (χ0n) is 12.5. The van der Waals surface area contributed by atoms with Gasteiger partial charge < -0.3 is 9.47 Å². The van der Waals surface area contributed by atoms with Crippen molar-refractivity contribution in [3.8, 4) is 22.8 Å². The Kier molecular flexibility index (Phi) is 3.95. The number of aromatic nitrogens is 2. The van der Waals surface area contributed by atoms with Crippen LogP contribution in [0.4, 0.5) is 11.4 Å². The van der Waals surface area contributed by atoms with Crippen LogP contribution in [0.1, 0.15) is 0 Å². The van der Waals surface area contributed by atoms with Crippen LogP contribution in [0.3, 0.4) is 0 Å². The number of H-pyrrole nitrogens is 2. The van der Waals surface area contributed by atoms with Gasteiger partial charge in [-0.3, -0.25) is 15.0 Å². The molecule has 0 saturated heterocycles. The van der Waals surface area contributed by atoms with Crippen LogP contribution >= 0.6 is 23.2 Å². The molecule has 0 amide bonds. The van der Waals surface area contributed by atoms with Gasteiger partial charge in [0.2, 0.25) is 6.79 Å². The Balaban J connectivity index is 1.73. The van der Waals surface area contributed by atoms with Gasteiger partial charge in [-0.05, 0) is 36.4 Å². The molecule has 2 heterocycles. The molecule has 2 aromatic carbocycles. The molecular weight excluding hydrogens is 367 g/mol. The maximum atomic E-state index is 12.1. The van der Waals surface area contributed by atoms with E-state index in [1.165, 1.54) is 0 Å². The zero-order chi connectivity index (χ0) is 17.4. The summed E-state index contributed by atoms with van der Waals surface area (Å²) >= 11 is 11.9. The van der Waals surface area contributed by atoms with Crippen molar-refractivity contribution in [1.82, 2.24) is 10.2 Å². The summed E-state index contributed by atoms with van der Waals surface area (Å²) in [6.07, 6.45) is 0. The molecule has 9 heteroatoms. The lowest BCUT2D eigenvalue weighted by Gasteiger charge is -2.01. The fourth-order valence-corrected chi connectivity index (χ4v) is 2.82. The predicted molar refractivity (Wildman–Crippen MR) is 93.6 cm³/mol. The van der Waals surface area contributed by atoms with Crippen LogP contribution in [0.25, 0.3) is 11.3 Å². The Labute approximate surface area is 151 Å². The number of ether oxygens (including phenoxy) is 2. The fraction of sp³-hybridized carbons (Fsp3) is 0.0625. The highest BCUT2D eigenvalue weighted by molar-refractivity contribution is 6.36. The second kappa shape index (κ2) is 6.27. The van der Waals surface area contributed by atoms with E-state index in [1.54, 1.807) is 36.4 Å². The Morgan fingerprint density at radius 1 is 0.960 bits per heavy atom. The third-order valence-corrected chi connectivity index (χ3v) is 4.12. The van der Waals surface area contributed by atoms with E-state index in [0.29, 0.717) is 38.5 Å². The Morgan fingerprint density at radius 3 is 2.64 bits per heavy atom. The highest BCUT2D eigenvalue weighted by atomic mass is 35.5. The zero-order valence-corrected chi connectivity index (χ0v) is 14.1. The molecule has 0 radical (unpaired) electrons. The van der Waals surface area contributed by atoms with Gasteiger partial charge in [0.05, 0.1) is 10.7 Å². The lowest BCUT2D eigenvalue weighted by molar-refractivity contribution is 0.174. The summed E-state index contributed by atoms with van der Waals surface area (Å²) in [5.74, 6) is 1.25. The highest BCUT2D eigenvalue weighted by Crippen LogP contribution is 2.37. The predicted octanol–water partition coefficient (Wildman–Crippen LogP) is 4.82. The topological polar surface area (TPSA) is 91.8 Å². The van der Waals surface area contributed by atoms with Crippen molar-refractivity contribution in [3.63, 3.8) is 0 Å². The van der Waals surface area contributed by atoms with E-state index < -0.39 is 5.56 Å². The molecule has 3 aromatic rings. The van der Waals surface area contributed by atoms with Crippen LogP contribution in [0.2, 0.25) is 10.0 Å². The minimum Gasteiger partial charge on any atom is -0.454 e. The number of azo groups is 1. The third-order valence-electron chi connectivity index (χ3n) is 3.58. The van der Waals surface area contributed by atoms with Crippen LogP contribution < -0.4 is 15.0 Å². The number of hydrogen-bond donors (Lipinski definition) is 2. The first kappa shape index (κ1) is 15.7. The minimum absolute atomic E-state index is 0.130. The lowest BCUT2D eigenvalue weighted by atomic mass is 10.1. The van der Waals surface area contributed by atoms with Crippen molar-refractivity contribution in [2.24, 2.45) is 10.2 Å². The number of halogens is 2. The maximum Gasteiger partial charge on any atom is 0.292 e. The molecule has 0 unspecified atom stereocenters. The molecule has 25 heavy (non-hydrogen) atoms. The number of nitrogens with one attached hydrogen (secondary N) is 2. The van der Waals surface area contributed by atoms with Crippen molar-refractivity contribution in [3.05, 3.63) is 56.8 Å². The minimum atomic E-state index is -0.401. The molecule has 2 N–H and O–H groups in total. The monoisotopic (exact) mass is 376 g/mol. The van der Waals surface area contributed by atoms with Crippen LogP contribution in [0.15, 0.2) is 51.4 Å². The van der Waals surface area contributed by atoms with Crippen molar-refractivity contribution in [2.75, 3.05) is 6.79 Å². The quantitative estimate of drug-likeness (QED) is 0.641. The number of fused-ring (bicyclic) bond motifs is 1. The molecule has 0 fully saturated rings. The summed E-state index contributed by atoms with van der Waals surface area (Å²) in [5, 5.41) is 14.2. The smallest absolute Gasteiger partial charge is 0.292 e. The van der Waals surface area contributed by atoms with Gasteiger partial charge >= 0.3 is 0 Å². The van der Waals surface area contributed by atoms with Gasteiger partial charge in [-0.2, -0.15) is 0 Å². The molecular formula is C16H10Cl2N4O3. The Bertz CT molecular complexity index is 1040. The molecule has 1 aliphatic heterocycles. The van der Waals surface area contributed by atoms with Crippen molar-refractivity contribution < 1.29 is 9.47 Å². The molecule has 4 rings (SSSR count). The van der Waals surface area contributed by atoms with E-state index in [2.05, 4.69) is 20.4 Å². The Hall–Kier alpha value is -2.77. The second-order valence-corrected chi connectivity index (χ2v) is 6.01. The standard InChI is InChI=1S/C16H10Cl2N4O3/c17-9-2-3-11(10(18)6-9)19-21-15-14(20-22-16(15)23)8-1-4-12-13(5-8)25-7-24-12/h1-6H,7H2,(H2,20,22,23). The molecule has 1 aromatic heterocycles. The molecule has 1 aliphatic rings. The van der Waals surface area contributed by atoms with Crippen molar-refractivity contribution >= 4 is 34.6 Å². The second-order valence-electron chi connectivity index (χ2n) is 5.17. The number of rotatable bonds is 3. The van der Waals surface area contributed by atoms with E-state index in [0.717, 1.165) is 0 Å². The number of aromatic amines is 2. The average molecular weight is 377 g/mol. The normalized spacial score (nSPS) is 12.9. The van der Waals surface area contributed by atoms with Gasteiger partial charge in [-0.15, -0.1) is 10.2 Å². The summed E-state index contributed by atoms with van der Waals surface area (Å²) in [4.78, 5) is 12.1. The van der Waals surface area contributed by atoms with E-state index in [-0.39, 0.29) is 12.5 Å². The first-order chi connectivity index (χ1) is 12.1. The summed E-state index contributed by atoms with van der Waals surface area (Å²) in [6.45, 7) is 0.171. The largest absolute Gasteiger partial charge is 0.454 e. The fourth-order valence-electron chi connectivity index (χ4n) is 2.37. The molecule has 126 valence electrons. The molecule has 0 bridgehead atoms. The van der Waals surface area contributed by atoms with Gasteiger partial charge in [0.15, 0.2) is 17.2 Å². The molecule has 0 atom stereocenters. The number of benzene rings is 2. The highest BCUT2D eigenvalue weighted by Gasteiger charge is 2.17. The van der Waals surface area contributed by atoms with E-state index in [1.807, 2.05) is 0 Å². The summed E-state index contributed by atoms with van der Waals surface area (Å²) in [6, 6.07) is 10.1. The van der Waals surface area contributed by atoms with Crippen LogP contribution in [-0.2, 0) is 0 Å². The van der Waals surface area contributed by atoms with E-state index >= 15 is 0 Å². The number of nitrogens with zero attached hydrogens (tertiary/aromatic N) is 2. The van der Waals surface area contributed by atoms with Crippen molar-refractivity contribution in [2.45, 2.75) is 0 Å². The van der Waals surface area contributed by atoms with Crippen LogP contribution in [0.5, 0.6) is 11.5 Å². The van der Waals surface area contributed by atoms with E-state index in [9.17, 15) is 4.79 Å². The van der Waals surface area contributed by atoms with Crippen LogP contribution in [0, 0.1) is 0 Å². The van der Waals surface area contributed by atoms with E-state index in [4.69, 9.17) is 32.7 Å². The van der Waals surface area contributed by atoms with Gasteiger partial charge in [-0.25, -0.2) is 0 Å². The molecule has 0 saturated carbocycles. The van der Waals surface area contributed by atoms with Gasteiger partial charge in [0, 0.05) is 10.6 Å². The van der Waals surface area contributed by atoms with Gasteiger partial charge in [0.25, 0.3) is 5.56 Å². The SMILES string of the molecule is O=c1[nH][nH]c(-c2ccc3c(c2)OCO3)c1N=Nc1ccc(Cl)cc1Cl. The number of hydrogen-bond acceptors (Lipinski definition) is 5. The first-order valence-electron chi connectivity index (χ1n) is 7.19. The Morgan fingerprint density at radius 2 is 1.80 bits per heavy atom. The lowest BCUT2D eigenvalue weighted by Crippen LogP contribution is -1.96. The average Bonchev–Trinajstić information content (AvgIpc) is 3.20. The maximum absolute atomic E-state index is 12.1. The third kappa shape index (κ3) is 2.99. The van der Waals surface area contributed by atoms with Gasteiger partial charge in [-0.1, -0.05) is 23.2 Å². The molecule has 0 spiro atoms. The van der Waals surface area contributed by atoms with Crippen molar-refractivity contribution in [1.29, 1.82) is 0 Å². The molecule has 7 nitrogen and oxygen atoms in total. The van der Waals surface area contributed by atoms with Crippen LogP contribution in [-0.4, -0.2) is 17.0 Å². The first-order valence-corrected chi connectivity index (χ1v) is 7.95. The summed E-state index contributed by atoms with van der Waals surface area (Å²) < 4.78 is 10.6. The summed E-state index contributed by atoms with van der Waals surface area (Å²) in [7, 11) is 0. The summed E-state index contributed by atoms with van der Waals surface area (Å²) in [5.41, 5.74) is 1.32. The van der Waals surface area contributed by atoms with Gasteiger partial charge in [0.1, 0.15) is 5.69 Å². The molecule has 0 aliphatic carbocycles.